The topological polar surface area (TPSA) is 54.4 Å². The second kappa shape index (κ2) is 3.51. The minimum atomic E-state index is -1.17. The highest BCUT2D eigenvalue weighted by atomic mass is 16.4. The van der Waals surface area contributed by atoms with Crippen LogP contribution >= 0.6 is 0 Å². The molecule has 0 aromatic heterocycles. The van der Waals surface area contributed by atoms with Crippen LogP contribution in [0.3, 0.4) is 0 Å². The molecule has 64 valence electrons. The highest BCUT2D eigenvalue weighted by Gasteiger charge is 2.36. The second-order valence-corrected chi connectivity index (χ2v) is 2.94. The number of carbonyl (C=O) groups excluding carboxylic acids is 1. The lowest BCUT2D eigenvalue weighted by atomic mass is 9.82. The lowest BCUT2D eigenvalue weighted by molar-refractivity contribution is -0.153. The Morgan fingerprint density at radius 3 is 2.00 bits per heavy atom. The average Bonchev–Trinajstić information content (AvgIpc) is 1.87. The van der Waals surface area contributed by atoms with E-state index >= 15 is 0 Å². The Hall–Kier alpha value is -0.860. The van der Waals surface area contributed by atoms with E-state index in [-0.39, 0.29) is 5.78 Å². The normalized spacial score (nSPS) is 15.5. The van der Waals surface area contributed by atoms with Gasteiger partial charge in [0.1, 0.15) is 11.2 Å². The molecule has 0 heterocycles. The number of carbonyl (C=O) groups is 2. The van der Waals surface area contributed by atoms with Gasteiger partial charge in [0.05, 0.1) is 0 Å². The van der Waals surface area contributed by atoms with Crippen molar-refractivity contribution in [1.29, 1.82) is 0 Å². The highest BCUT2D eigenvalue weighted by molar-refractivity contribution is 6.01. The number of rotatable bonds is 4. The average molecular weight is 158 g/mol. The third-order valence-electron chi connectivity index (χ3n) is 2.00. The summed E-state index contributed by atoms with van der Waals surface area (Å²) in [5, 5.41) is 8.71. The van der Waals surface area contributed by atoms with Crippen molar-refractivity contribution in [2.75, 3.05) is 0 Å². The summed E-state index contributed by atoms with van der Waals surface area (Å²) in [6.07, 6.45) is 1.13. The largest absolute Gasteiger partial charge is 0.481 e. The Morgan fingerprint density at radius 1 is 1.45 bits per heavy atom. The quantitative estimate of drug-likeness (QED) is 0.630. The van der Waals surface area contributed by atoms with Crippen molar-refractivity contribution < 1.29 is 14.7 Å². The van der Waals surface area contributed by atoms with Gasteiger partial charge in [-0.25, -0.2) is 0 Å². The van der Waals surface area contributed by atoms with Crippen molar-refractivity contribution in [2.45, 2.75) is 33.6 Å². The molecule has 0 spiro atoms. The minimum absolute atomic E-state index is 0.271. The standard InChI is InChI=1S/C8H14O3/c1-4-5-8(3,6(2)9)7(10)11/h4-5H2,1-3H3,(H,10,11). The van der Waals surface area contributed by atoms with Crippen molar-refractivity contribution in [3.8, 4) is 0 Å². The number of hydrogen-bond donors (Lipinski definition) is 1. The molecule has 3 nitrogen and oxygen atoms in total. The maximum atomic E-state index is 10.9. The molecule has 0 aliphatic rings. The molecule has 11 heavy (non-hydrogen) atoms. The molecular formula is C8H14O3. The molecule has 0 amide bonds. The minimum Gasteiger partial charge on any atom is -0.481 e. The van der Waals surface area contributed by atoms with Crippen LogP contribution in [0.15, 0.2) is 0 Å². The maximum absolute atomic E-state index is 10.9. The van der Waals surface area contributed by atoms with E-state index in [0.717, 1.165) is 0 Å². The predicted octanol–water partition coefficient (Wildman–Crippen LogP) is 1.47. The Kier molecular flexibility index (Phi) is 3.23. The van der Waals surface area contributed by atoms with Gasteiger partial charge < -0.3 is 5.11 Å². The van der Waals surface area contributed by atoms with Crippen LogP contribution in [0, 0.1) is 5.41 Å². The SMILES string of the molecule is CCCC(C)(C(C)=O)C(=O)O. The van der Waals surface area contributed by atoms with E-state index in [0.29, 0.717) is 12.8 Å². The van der Waals surface area contributed by atoms with E-state index in [4.69, 9.17) is 5.11 Å². The van der Waals surface area contributed by atoms with Gasteiger partial charge in [0.15, 0.2) is 0 Å². The summed E-state index contributed by atoms with van der Waals surface area (Å²) in [6.45, 7) is 4.66. The van der Waals surface area contributed by atoms with Crippen molar-refractivity contribution in [3.63, 3.8) is 0 Å². The summed E-state index contributed by atoms with van der Waals surface area (Å²) in [7, 11) is 0. The Balaban J connectivity index is 4.52. The van der Waals surface area contributed by atoms with Crippen LogP contribution in [0.5, 0.6) is 0 Å². The summed E-state index contributed by atoms with van der Waals surface area (Å²) in [4.78, 5) is 21.5. The van der Waals surface area contributed by atoms with Gasteiger partial charge >= 0.3 is 5.97 Å². The molecule has 0 aliphatic heterocycles. The molecule has 1 N–H and O–H groups in total. The third kappa shape index (κ3) is 2.03. The molecule has 0 saturated carbocycles. The first-order valence-electron chi connectivity index (χ1n) is 3.69. The monoisotopic (exact) mass is 158 g/mol. The number of hydrogen-bond acceptors (Lipinski definition) is 2. The fourth-order valence-electron chi connectivity index (χ4n) is 0.934. The lowest BCUT2D eigenvalue weighted by Gasteiger charge is -2.19. The molecule has 1 unspecified atom stereocenters. The predicted molar refractivity (Wildman–Crippen MR) is 41.3 cm³/mol. The van der Waals surface area contributed by atoms with Crippen molar-refractivity contribution in [2.24, 2.45) is 5.41 Å². The van der Waals surface area contributed by atoms with E-state index in [1.807, 2.05) is 6.92 Å². The van der Waals surface area contributed by atoms with Crippen LogP contribution < -0.4 is 0 Å². The molecule has 3 heteroatoms. The molecule has 0 radical (unpaired) electrons. The fourth-order valence-corrected chi connectivity index (χ4v) is 0.934. The first-order valence-corrected chi connectivity index (χ1v) is 3.69. The Labute approximate surface area is 66.4 Å². The first-order chi connectivity index (χ1) is 4.95. The molecular weight excluding hydrogens is 144 g/mol. The van der Waals surface area contributed by atoms with E-state index in [1.54, 1.807) is 0 Å². The van der Waals surface area contributed by atoms with Gasteiger partial charge in [-0.2, -0.15) is 0 Å². The van der Waals surface area contributed by atoms with Crippen LogP contribution in [-0.4, -0.2) is 16.9 Å². The summed E-state index contributed by atoms with van der Waals surface area (Å²) in [5.41, 5.74) is -1.17. The molecule has 1 atom stereocenters. The summed E-state index contributed by atoms with van der Waals surface area (Å²) >= 11 is 0. The number of carboxylic acid groups (broad SMARTS) is 1. The van der Waals surface area contributed by atoms with Gasteiger partial charge in [-0.1, -0.05) is 13.3 Å². The molecule has 0 aromatic rings. The first kappa shape index (κ1) is 10.1. The number of aliphatic carboxylic acids is 1. The van der Waals surface area contributed by atoms with Crippen LogP contribution in [0.2, 0.25) is 0 Å². The second-order valence-electron chi connectivity index (χ2n) is 2.94. The van der Waals surface area contributed by atoms with Gasteiger partial charge in [0.25, 0.3) is 0 Å². The molecule has 0 saturated heterocycles. The zero-order chi connectivity index (χ0) is 9.07. The van der Waals surface area contributed by atoms with E-state index < -0.39 is 11.4 Å². The van der Waals surface area contributed by atoms with Gasteiger partial charge in [-0.05, 0) is 20.3 Å². The Bertz CT molecular complexity index is 158. The van der Waals surface area contributed by atoms with Gasteiger partial charge in [-0.15, -0.1) is 0 Å². The van der Waals surface area contributed by atoms with Gasteiger partial charge in [-0.3, -0.25) is 9.59 Å². The molecule has 0 bridgehead atoms. The maximum Gasteiger partial charge on any atom is 0.316 e. The summed E-state index contributed by atoms with van der Waals surface area (Å²) in [5.74, 6) is -1.29. The summed E-state index contributed by atoms with van der Waals surface area (Å²) in [6, 6.07) is 0. The van der Waals surface area contributed by atoms with Crippen LogP contribution in [-0.2, 0) is 9.59 Å². The zero-order valence-electron chi connectivity index (χ0n) is 7.18. The Morgan fingerprint density at radius 2 is 1.91 bits per heavy atom. The zero-order valence-corrected chi connectivity index (χ0v) is 7.18. The molecule has 0 rings (SSSR count). The smallest absolute Gasteiger partial charge is 0.316 e. The fraction of sp³-hybridized carbons (Fsp3) is 0.750. The van der Waals surface area contributed by atoms with E-state index in [9.17, 15) is 9.59 Å². The number of Topliss-reactive ketones (excluding diaryl/α,β-unsaturated/α-hetero) is 1. The molecule has 0 fully saturated rings. The van der Waals surface area contributed by atoms with Gasteiger partial charge in [0.2, 0.25) is 0 Å². The van der Waals surface area contributed by atoms with Crippen LogP contribution in [0.4, 0.5) is 0 Å². The van der Waals surface area contributed by atoms with E-state index in [1.165, 1.54) is 13.8 Å². The highest BCUT2D eigenvalue weighted by Crippen LogP contribution is 2.24. The van der Waals surface area contributed by atoms with Crippen molar-refractivity contribution >= 4 is 11.8 Å². The van der Waals surface area contributed by atoms with Crippen LogP contribution in [0.1, 0.15) is 33.6 Å². The molecule has 0 aromatic carbocycles. The van der Waals surface area contributed by atoms with Crippen LogP contribution in [0.25, 0.3) is 0 Å². The summed E-state index contributed by atoms with van der Waals surface area (Å²) < 4.78 is 0. The van der Waals surface area contributed by atoms with Gasteiger partial charge in [0, 0.05) is 0 Å². The van der Waals surface area contributed by atoms with Crippen molar-refractivity contribution in [3.05, 3.63) is 0 Å². The number of ketones is 1. The third-order valence-corrected chi connectivity index (χ3v) is 2.00. The van der Waals surface area contributed by atoms with E-state index in [2.05, 4.69) is 0 Å². The molecule has 0 aliphatic carbocycles. The van der Waals surface area contributed by atoms with Crippen molar-refractivity contribution in [1.82, 2.24) is 0 Å². The number of carboxylic acids is 1. The lowest BCUT2D eigenvalue weighted by Crippen LogP contribution is -2.34.